The van der Waals surface area contributed by atoms with Gasteiger partial charge >= 0.3 is 0 Å². The van der Waals surface area contributed by atoms with Crippen LogP contribution in [0.5, 0.6) is 5.75 Å². The second-order valence-corrected chi connectivity index (χ2v) is 4.67. The van der Waals surface area contributed by atoms with Crippen molar-refractivity contribution in [2.45, 2.75) is 12.5 Å². The van der Waals surface area contributed by atoms with Gasteiger partial charge in [0, 0.05) is 18.0 Å². The summed E-state index contributed by atoms with van der Waals surface area (Å²) in [6.45, 7) is 0. The van der Waals surface area contributed by atoms with E-state index in [2.05, 4.69) is 15.1 Å². The molecule has 0 bridgehead atoms. The van der Waals surface area contributed by atoms with Gasteiger partial charge < -0.3 is 15.4 Å². The highest BCUT2D eigenvalue weighted by molar-refractivity contribution is 5.51. The van der Waals surface area contributed by atoms with Crippen molar-refractivity contribution < 1.29 is 9.63 Å². The molecule has 1 atom stereocenters. The lowest BCUT2D eigenvalue weighted by Crippen LogP contribution is -2.13. The van der Waals surface area contributed by atoms with Crippen molar-refractivity contribution in [1.82, 2.24) is 15.1 Å². The summed E-state index contributed by atoms with van der Waals surface area (Å²) < 4.78 is 5.21. The molecule has 6 nitrogen and oxygen atoms in total. The third kappa shape index (κ3) is 3.06. The minimum absolute atomic E-state index is 0.226. The molecule has 0 aliphatic carbocycles. The summed E-state index contributed by atoms with van der Waals surface area (Å²) in [4.78, 5) is 8.32. The molecule has 0 aliphatic rings. The number of benzene rings is 1. The summed E-state index contributed by atoms with van der Waals surface area (Å²) in [5.74, 6) is 1.07. The number of aromatic hydroxyl groups is 1. The molecule has 0 amide bonds. The fourth-order valence-electron chi connectivity index (χ4n) is 1.97. The molecule has 1 aromatic carbocycles. The van der Waals surface area contributed by atoms with Gasteiger partial charge in [-0.2, -0.15) is 4.98 Å². The maximum Gasteiger partial charge on any atom is 0.244 e. The number of rotatable bonds is 4. The number of hydrogen-bond donors (Lipinski definition) is 2. The van der Waals surface area contributed by atoms with Crippen LogP contribution >= 0.6 is 0 Å². The zero-order valence-electron chi connectivity index (χ0n) is 11.2. The molecular formula is C15H14N4O2. The number of phenols is 1. The number of nitrogens with zero attached hydrogens (tertiary/aromatic N) is 3. The maximum absolute atomic E-state index is 9.26. The van der Waals surface area contributed by atoms with Crippen LogP contribution in [0.4, 0.5) is 0 Å². The van der Waals surface area contributed by atoms with E-state index in [4.69, 9.17) is 10.3 Å². The SMILES string of the molecule is NC(Cc1ccc(O)cc1)c1nc(-c2cccnc2)no1. The van der Waals surface area contributed by atoms with E-state index in [0.717, 1.165) is 11.1 Å². The van der Waals surface area contributed by atoms with Crippen molar-refractivity contribution >= 4 is 0 Å². The average molecular weight is 282 g/mol. The Morgan fingerprint density at radius 2 is 2.00 bits per heavy atom. The molecule has 0 fully saturated rings. The molecule has 6 heteroatoms. The molecule has 1 unspecified atom stereocenters. The van der Waals surface area contributed by atoms with Gasteiger partial charge in [0.1, 0.15) is 5.75 Å². The van der Waals surface area contributed by atoms with Crippen LogP contribution in [0.3, 0.4) is 0 Å². The van der Waals surface area contributed by atoms with Crippen molar-refractivity contribution in [2.24, 2.45) is 5.73 Å². The van der Waals surface area contributed by atoms with Gasteiger partial charge in [0.15, 0.2) is 0 Å². The molecule has 2 heterocycles. The molecule has 0 saturated heterocycles. The van der Waals surface area contributed by atoms with E-state index in [-0.39, 0.29) is 5.75 Å². The Morgan fingerprint density at radius 1 is 1.19 bits per heavy atom. The number of pyridine rings is 1. The van der Waals surface area contributed by atoms with Crippen LogP contribution < -0.4 is 5.73 Å². The van der Waals surface area contributed by atoms with Crippen LogP contribution in [0, 0.1) is 0 Å². The van der Waals surface area contributed by atoms with Gasteiger partial charge in [-0.25, -0.2) is 0 Å². The topological polar surface area (TPSA) is 98.1 Å². The molecule has 0 spiro atoms. The minimum atomic E-state index is -0.396. The Kier molecular flexibility index (Phi) is 3.61. The first-order valence-corrected chi connectivity index (χ1v) is 6.50. The molecule has 0 saturated carbocycles. The predicted octanol–water partition coefficient (Wildman–Crippen LogP) is 2.08. The maximum atomic E-state index is 9.26. The van der Waals surface area contributed by atoms with Crippen LogP contribution in [-0.2, 0) is 6.42 Å². The summed E-state index contributed by atoms with van der Waals surface area (Å²) in [5, 5.41) is 13.2. The monoisotopic (exact) mass is 282 g/mol. The van der Waals surface area contributed by atoms with Crippen LogP contribution in [0.2, 0.25) is 0 Å². The normalized spacial score (nSPS) is 12.2. The Bertz CT molecular complexity index is 710. The van der Waals surface area contributed by atoms with Crippen LogP contribution in [0.15, 0.2) is 53.3 Å². The fourth-order valence-corrected chi connectivity index (χ4v) is 1.97. The van der Waals surface area contributed by atoms with E-state index in [1.54, 1.807) is 24.5 Å². The highest BCUT2D eigenvalue weighted by atomic mass is 16.5. The van der Waals surface area contributed by atoms with Crippen molar-refractivity contribution in [3.63, 3.8) is 0 Å². The first-order chi connectivity index (χ1) is 10.2. The lowest BCUT2D eigenvalue weighted by molar-refractivity contribution is 0.354. The van der Waals surface area contributed by atoms with Crippen molar-refractivity contribution in [3.8, 4) is 17.1 Å². The molecule has 0 radical (unpaired) electrons. The molecule has 3 N–H and O–H groups in total. The van der Waals surface area contributed by atoms with E-state index in [9.17, 15) is 5.11 Å². The molecule has 106 valence electrons. The minimum Gasteiger partial charge on any atom is -0.508 e. The van der Waals surface area contributed by atoms with Gasteiger partial charge in [-0.15, -0.1) is 0 Å². The zero-order valence-corrected chi connectivity index (χ0v) is 11.2. The van der Waals surface area contributed by atoms with E-state index in [1.807, 2.05) is 24.3 Å². The largest absolute Gasteiger partial charge is 0.508 e. The van der Waals surface area contributed by atoms with Gasteiger partial charge in [-0.1, -0.05) is 17.3 Å². The Hall–Kier alpha value is -2.73. The second-order valence-electron chi connectivity index (χ2n) is 4.67. The second kappa shape index (κ2) is 5.72. The van der Waals surface area contributed by atoms with Gasteiger partial charge in [-0.3, -0.25) is 4.98 Å². The average Bonchev–Trinajstić information content (AvgIpc) is 3.00. The summed E-state index contributed by atoms with van der Waals surface area (Å²) in [6.07, 6.45) is 3.90. The third-order valence-electron chi connectivity index (χ3n) is 3.07. The molecule has 3 rings (SSSR count). The zero-order chi connectivity index (χ0) is 14.7. The van der Waals surface area contributed by atoms with Gasteiger partial charge in [0.2, 0.25) is 11.7 Å². The first kappa shape index (κ1) is 13.3. The predicted molar refractivity (Wildman–Crippen MR) is 76.3 cm³/mol. The van der Waals surface area contributed by atoms with Gasteiger partial charge in [-0.05, 0) is 36.2 Å². The lowest BCUT2D eigenvalue weighted by Gasteiger charge is -2.06. The molecule has 0 aliphatic heterocycles. The van der Waals surface area contributed by atoms with Crippen LogP contribution in [0.25, 0.3) is 11.4 Å². The summed E-state index contributed by atoms with van der Waals surface area (Å²) >= 11 is 0. The molecule has 2 aromatic heterocycles. The van der Waals surface area contributed by atoms with Crippen LogP contribution in [-0.4, -0.2) is 20.2 Å². The van der Waals surface area contributed by atoms with E-state index in [1.165, 1.54) is 0 Å². The Balaban J connectivity index is 1.75. The quantitative estimate of drug-likeness (QED) is 0.760. The first-order valence-electron chi connectivity index (χ1n) is 6.50. The van der Waals surface area contributed by atoms with Gasteiger partial charge in [0.25, 0.3) is 0 Å². The van der Waals surface area contributed by atoms with E-state index < -0.39 is 6.04 Å². The van der Waals surface area contributed by atoms with Crippen molar-refractivity contribution in [1.29, 1.82) is 0 Å². The number of nitrogens with two attached hydrogens (primary N) is 1. The number of hydrogen-bond acceptors (Lipinski definition) is 6. The van der Waals surface area contributed by atoms with E-state index >= 15 is 0 Å². The fraction of sp³-hybridized carbons (Fsp3) is 0.133. The highest BCUT2D eigenvalue weighted by Gasteiger charge is 2.16. The van der Waals surface area contributed by atoms with Crippen LogP contribution in [0.1, 0.15) is 17.5 Å². The number of phenolic OH excluding ortho intramolecular Hbond substituents is 1. The summed E-state index contributed by atoms with van der Waals surface area (Å²) in [6, 6.07) is 10.1. The smallest absolute Gasteiger partial charge is 0.244 e. The highest BCUT2D eigenvalue weighted by Crippen LogP contribution is 2.20. The van der Waals surface area contributed by atoms with Crippen molar-refractivity contribution in [2.75, 3.05) is 0 Å². The summed E-state index contributed by atoms with van der Waals surface area (Å²) in [7, 11) is 0. The van der Waals surface area contributed by atoms with E-state index in [0.29, 0.717) is 18.1 Å². The van der Waals surface area contributed by atoms with Gasteiger partial charge in [0.05, 0.1) is 6.04 Å². The number of aromatic nitrogens is 3. The standard InChI is InChI=1S/C15H14N4O2/c16-13(8-10-3-5-12(20)6-4-10)15-18-14(19-21-15)11-2-1-7-17-9-11/h1-7,9,13,20H,8,16H2. The third-order valence-corrected chi connectivity index (χ3v) is 3.07. The lowest BCUT2D eigenvalue weighted by atomic mass is 10.1. The molecule has 21 heavy (non-hydrogen) atoms. The Morgan fingerprint density at radius 3 is 2.71 bits per heavy atom. The Labute approximate surface area is 121 Å². The summed E-state index contributed by atoms with van der Waals surface area (Å²) in [5.41, 5.74) is 7.85. The molecular weight excluding hydrogens is 268 g/mol. The van der Waals surface area contributed by atoms with Crippen molar-refractivity contribution in [3.05, 3.63) is 60.2 Å². The molecule has 3 aromatic rings.